The third kappa shape index (κ3) is 5.64. The van der Waals surface area contributed by atoms with Crippen LogP contribution in [0.3, 0.4) is 0 Å². The van der Waals surface area contributed by atoms with Gasteiger partial charge in [-0.2, -0.15) is 0 Å². The van der Waals surface area contributed by atoms with Crippen molar-refractivity contribution in [3.63, 3.8) is 0 Å². The molecule has 2 aromatic carbocycles. The Morgan fingerprint density at radius 2 is 0.815 bits per heavy atom. The van der Waals surface area contributed by atoms with Gasteiger partial charge < -0.3 is 10.2 Å². The molecule has 4 nitrogen and oxygen atoms in total. The number of carboxylic acids is 2. The fourth-order valence-electron chi connectivity index (χ4n) is 2.87. The van der Waals surface area contributed by atoms with Crippen LogP contribution in [0.2, 0.25) is 0 Å². The van der Waals surface area contributed by atoms with Crippen LogP contribution in [-0.4, -0.2) is 22.2 Å². The smallest absolute Gasteiger partial charge is 0.335 e. The molecule has 0 unspecified atom stereocenters. The summed E-state index contributed by atoms with van der Waals surface area (Å²) in [6.07, 6.45) is 0. The first-order valence-corrected chi connectivity index (χ1v) is 8.51. The van der Waals surface area contributed by atoms with Gasteiger partial charge in [0, 0.05) is 27.3 Å². The Morgan fingerprint density at radius 1 is 0.556 bits per heavy atom. The zero-order chi connectivity index (χ0) is 20.3. The molecule has 0 aromatic heterocycles. The van der Waals surface area contributed by atoms with E-state index in [1.807, 2.05) is 55.4 Å². The van der Waals surface area contributed by atoms with E-state index in [0.29, 0.717) is 11.1 Å². The number of carbonyl (C=O) groups is 2. The van der Waals surface area contributed by atoms with Gasteiger partial charge in [-0.3, -0.25) is 0 Å². The van der Waals surface area contributed by atoms with Crippen molar-refractivity contribution in [3.05, 3.63) is 67.8 Å². The second-order valence-corrected chi connectivity index (χ2v) is 6.84. The minimum atomic E-state index is -0.844. The predicted molar refractivity (Wildman–Crippen MR) is 105 cm³/mol. The average Bonchev–Trinajstić information content (AvgIpc) is 2.57. The Balaban J connectivity index is 0.000000483. The molecule has 0 aliphatic heterocycles. The first-order valence-electron chi connectivity index (χ1n) is 8.51. The molecule has 0 bridgehead atoms. The second-order valence-electron chi connectivity index (χ2n) is 6.84. The van der Waals surface area contributed by atoms with Gasteiger partial charge in [-0.25, -0.2) is 9.59 Å². The zero-order valence-electron chi connectivity index (χ0n) is 17.6. The summed E-state index contributed by atoms with van der Waals surface area (Å²) in [5, 5.41) is 17.8. The third-order valence-corrected chi connectivity index (χ3v) is 5.42. The van der Waals surface area contributed by atoms with Crippen LogP contribution in [0.4, 0.5) is 0 Å². The largest absolute Gasteiger partial charge is 0.478 e. The molecule has 2 rings (SSSR count). The van der Waals surface area contributed by atoms with Gasteiger partial charge in [0.1, 0.15) is 0 Å². The molecular weight excluding hydrogens is 441 g/mol. The summed E-state index contributed by atoms with van der Waals surface area (Å²) in [4.78, 5) is 21.7. The number of benzene rings is 2. The average molecular weight is 469 g/mol. The molecule has 27 heavy (non-hydrogen) atoms. The van der Waals surface area contributed by atoms with Crippen LogP contribution in [0.15, 0.2) is 12.1 Å². The van der Waals surface area contributed by atoms with E-state index in [1.54, 1.807) is 12.1 Å². The molecule has 0 saturated carbocycles. The predicted octanol–water partition coefficient (Wildman–Crippen LogP) is 5.23. The van der Waals surface area contributed by atoms with Crippen LogP contribution in [0, 0.1) is 55.4 Å². The van der Waals surface area contributed by atoms with Crippen LogP contribution >= 0.6 is 0 Å². The first kappa shape index (κ1) is 25.3. The van der Waals surface area contributed by atoms with Gasteiger partial charge in [0.15, 0.2) is 0 Å². The Hall–Kier alpha value is -1.70. The van der Waals surface area contributed by atoms with Gasteiger partial charge in [-0.15, -0.1) is 0 Å². The molecule has 0 heterocycles. The molecule has 0 spiro atoms. The van der Waals surface area contributed by atoms with Gasteiger partial charge in [0.05, 0.1) is 11.1 Å². The molecule has 2 N–H and O–H groups in total. The molecular formula is C22H28CdO4. The van der Waals surface area contributed by atoms with Crippen molar-refractivity contribution in [2.45, 2.75) is 55.4 Å². The van der Waals surface area contributed by atoms with Gasteiger partial charge in [-0.1, -0.05) is 0 Å². The summed E-state index contributed by atoms with van der Waals surface area (Å²) in [6.45, 7) is 15.5. The maximum Gasteiger partial charge on any atom is 0.335 e. The standard InChI is InChI=1S/2C11H14O2.Cd/c2*1-6-5-10(11(12)13)9(4)8(3)7(6)2;/h2*5H,1-4H3,(H,12,13);. The summed E-state index contributed by atoms with van der Waals surface area (Å²) in [7, 11) is 0. The van der Waals surface area contributed by atoms with E-state index in [1.165, 1.54) is 11.1 Å². The van der Waals surface area contributed by atoms with Crippen molar-refractivity contribution in [2.24, 2.45) is 0 Å². The molecule has 0 aliphatic rings. The van der Waals surface area contributed by atoms with E-state index in [-0.39, 0.29) is 27.3 Å². The van der Waals surface area contributed by atoms with Crippen molar-refractivity contribution in [1.82, 2.24) is 0 Å². The van der Waals surface area contributed by atoms with Crippen LogP contribution in [-0.2, 0) is 27.3 Å². The third-order valence-electron chi connectivity index (χ3n) is 5.42. The maximum atomic E-state index is 10.8. The molecule has 0 atom stereocenters. The monoisotopic (exact) mass is 470 g/mol. The minimum absolute atomic E-state index is 0. The van der Waals surface area contributed by atoms with Crippen LogP contribution < -0.4 is 0 Å². The van der Waals surface area contributed by atoms with Crippen molar-refractivity contribution in [2.75, 3.05) is 0 Å². The topological polar surface area (TPSA) is 74.6 Å². The fourth-order valence-corrected chi connectivity index (χ4v) is 2.87. The molecule has 0 aliphatic carbocycles. The Labute approximate surface area is 181 Å². The molecule has 2 aromatic rings. The van der Waals surface area contributed by atoms with E-state index in [2.05, 4.69) is 0 Å². The van der Waals surface area contributed by atoms with Gasteiger partial charge in [-0.05, 0) is 112 Å². The number of hydrogen-bond donors (Lipinski definition) is 2. The van der Waals surface area contributed by atoms with E-state index in [0.717, 1.165) is 33.4 Å². The van der Waals surface area contributed by atoms with Crippen molar-refractivity contribution in [3.8, 4) is 0 Å². The van der Waals surface area contributed by atoms with E-state index >= 15 is 0 Å². The Bertz CT molecular complexity index is 809. The summed E-state index contributed by atoms with van der Waals surface area (Å²) in [5.74, 6) is -1.69. The molecule has 0 saturated heterocycles. The number of rotatable bonds is 2. The first-order chi connectivity index (χ1) is 11.9. The zero-order valence-corrected chi connectivity index (χ0v) is 21.6. The van der Waals surface area contributed by atoms with Crippen molar-refractivity contribution >= 4 is 11.9 Å². The maximum absolute atomic E-state index is 10.8. The summed E-state index contributed by atoms with van der Waals surface area (Å²) in [5.41, 5.74) is 9.19. The van der Waals surface area contributed by atoms with Crippen LogP contribution in [0.1, 0.15) is 65.2 Å². The number of carboxylic acid groups (broad SMARTS) is 2. The molecule has 0 radical (unpaired) electrons. The van der Waals surface area contributed by atoms with E-state index in [9.17, 15) is 9.59 Å². The molecule has 0 fully saturated rings. The fraction of sp³-hybridized carbons (Fsp3) is 0.364. The molecule has 0 amide bonds. The Morgan fingerprint density at radius 3 is 1.04 bits per heavy atom. The summed E-state index contributed by atoms with van der Waals surface area (Å²) >= 11 is 0. The number of aryl methyl sites for hydroxylation is 2. The number of hydrogen-bond acceptors (Lipinski definition) is 2. The summed E-state index contributed by atoms with van der Waals surface area (Å²) in [6, 6.07) is 3.47. The molecule has 142 valence electrons. The van der Waals surface area contributed by atoms with Gasteiger partial charge >= 0.3 is 11.9 Å². The summed E-state index contributed by atoms with van der Waals surface area (Å²) < 4.78 is 0. The van der Waals surface area contributed by atoms with Crippen molar-refractivity contribution < 1.29 is 47.1 Å². The normalized spacial score (nSPS) is 9.78. The SMILES string of the molecule is Cc1cc(C(=O)O)c(C)c(C)c1C.Cc1cc(C(=O)O)c(C)c(C)c1C.[Cd]. The molecule has 5 heteroatoms. The Kier molecular flexibility index (Phi) is 9.38. The minimum Gasteiger partial charge on any atom is -0.478 e. The van der Waals surface area contributed by atoms with Crippen LogP contribution in [0.25, 0.3) is 0 Å². The van der Waals surface area contributed by atoms with Crippen molar-refractivity contribution in [1.29, 1.82) is 0 Å². The van der Waals surface area contributed by atoms with Crippen LogP contribution in [0.5, 0.6) is 0 Å². The van der Waals surface area contributed by atoms with Gasteiger partial charge in [0.2, 0.25) is 0 Å². The van der Waals surface area contributed by atoms with E-state index < -0.39 is 11.9 Å². The number of aromatic carboxylic acids is 2. The van der Waals surface area contributed by atoms with Gasteiger partial charge in [0.25, 0.3) is 0 Å². The van der Waals surface area contributed by atoms with E-state index in [4.69, 9.17) is 10.2 Å². The quantitative estimate of drug-likeness (QED) is 0.591. The second kappa shape index (κ2) is 10.0.